The van der Waals surface area contributed by atoms with Crippen LogP contribution in [0.2, 0.25) is 0 Å². The number of halogens is 1. The van der Waals surface area contributed by atoms with Crippen molar-refractivity contribution in [3.8, 4) is 6.07 Å². The van der Waals surface area contributed by atoms with Crippen LogP contribution in [0.4, 0.5) is 0 Å². The minimum Gasteiger partial charge on any atom is -0.224 e. The van der Waals surface area contributed by atoms with E-state index >= 15 is 0 Å². The number of hydrogen-bond acceptors (Lipinski definition) is 4. The monoisotopic (exact) mass is 319 g/mol. The van der Waals surface area contributed by atoms with Crippen molar-refractivity contribution in [1.82, 2.24) is 0 Å². The van der Waals surface area contributed by atoms with Gasteiger partial charge < -0.3 is 0 Å². The zero-order valence-electron chi connectivity index (χ0n) is 8.82. The lowest BCUT2D eigenvalue weighted by atomic mass is 10.2. The highest BCUT2D eigenvalue weighted by atomic mass is 79.9. The van der Waals surface area contributed by atoms with E-state index in [9.17, 15) is 8.42 Å². The van der Waals surface area contributed by atoms with E-state index in [0.717, 1.165) is 0 Å². The number of nitriles is 1. The lowest BCUT2D eigenvalue weighted by Gasteiger charge is -2.09. The highest BCUT2D eigenvalue weighted by Gasteiger charge is 2.16. The first kappa shape index (κ1) is 13.6. The third-order valence-electron chi connectivity index (χ3n) is 1.96. The highest BCUT2D eigenvalue weighted by Crippen LogP contribution is 2.33. The van der Waals surface area contributed by atoms with Crippen molar-refractivity contribution >= 4 is 37.5 Å². The maximum Gasteiger partial charge on any atom is 0.176 e. The van der Waals surface area contributed by atoms with E-state index in [0.29, 0.717) is 14.9 Å². The quantitative estimate of drug-likeness (QED) is 0.804. The lowest BCUT2D eigenvalue weighted by Crippen LogP contribution is -2.01. The Balaban J connectivity index is 3.51. The van der Waals surface area contributed by atoms with Gasteiger partial charge in [-0.2, -0.15) is 5.26 Å². The number of sulfone groups is 1. The van der Waals surface area contributed by atoms with Crippen molar-refractivity contribution in [3.05, 3.63) is 22.2 Å². The van der Waals surface area contributed by atoms with Crippen LogP contribution in [0, 0.1) is 11.3 Å². The van der Waals surface area contributed by atoms with Crippen molar-refractivity contribution in [2.24, 2.45) is 0 Å². The molecule has 0 spiro atoms. The predicted octanol–water partition coefficient (Wildman–Crippen LogP) is 2.64. The highest BCUT2D eigenvalue weighted by molar-refractivity contribution is 9.10. The second-order valence-electron chi connectivity index (χ2n) is 3.22. The Bertz CT molecular complexity index is 547. The summed E-state index contributed by atoms with van der Waals surface area (Å²) >= 11 is 4.69. The van der Waals surface area contributed by atoms with Gasteiger partial charge in [-0.1, -0.05) is 0 Å². The average molecular weight is 320 g/mol. The maximum atomic E-state index is 11.6. The standard InChI is InChI=1S/C10H10BrNO2S2/c1-15-10-8(11)5-7(3-4-12)6-9(10)16(2,13)14/h5-6H,3H2,1-2H3. The van der Waals surface area contributed by atoms with Gasteiger partial charge in [-0.3, -0.25) is 0 Å². The summed E-state index contributed by atoms with van der Waals surface area (Å²) in [4.78, 5) is 0.962. The molecule has 0 amide bonds. The largest absolute Gasteiger partial charge is 0.224 e. The molecule has 0 saturated carbocycles. The molecule has 0 aliphatic rings. The van der Waals surface area contributed by atoms with Gasteiger partial charge >= 0.3 is 0 Å². The van der Waals surface area contributed by atoms with Gasteiger partial charge in [-0.25, -0.2) is 8.42 Å². The summed E-state index contributed by atoms with van der Waals surface area (Å²) in [6.07, 6.45) is 3.19. The van der Waals surface area contributed by atoms with Crippen LogP contribution in [0.25, 0.3) is 0 Å². The molecule has 16 heavy (non-hydrogen) atoms. The molecular weight excluding hydrogens is 310 g/mol. The first-order valence-corrected chi connectivity index (χ1v) is 8.24. The van der Waals surface area contributed by atoms with Gasteiger partial charge in [-0.05, 0) is 39.9 Å². The smallest absolute Gasteiger partial charge is 0.176 e. The molecule has 0 aromatic heterocycles. The van der Waals surface area contributed by atoms with Crippen LogP contribution in [0.3, 0.4) is 0 Å². The Morgan fingerprint density at radius 1 is 1.50 bits per heavy atom. The van der Waals surface area contributed by atoms with Crippen LogP contribution in [0.5, 0.6) is 0 Å². The normalized spacial score (nSPS) is 11.1. The first-order chi connectivity index (χ1) is 7.40. The van der Waals surface area contributed by atoms with E-state index in [4.69, 9.17) is 5.26 Å². The van der Waals surface area contributed by atoms with Gasteiger partial charge in [0.2, 0.25) is 0 Å². The van der Waals surface area contributed by atoms with E-state index < -0.39 is 9.84 Å². The summed E-state index contributed by atoms with van der Waals surface area (Å²) in [6.45, 7) is 0. The summed E-state index contributed by atoms with van der Waals surface area (Å²) in [5.74, 6) is 0. The van der Waals surface area contributed by atoms with Crippen molar-refractivity contribution in [3.63, 3.8) is 0 Å². The molecule has 6 heteroatoms. The number of rotatable bonds is 3. The van der Waals surface area contributed by atoms with Crippen molar-refractivity contribution < 1.29 is 8.42 Å². The van der Waals surface area contributed by atoms with Gasteiger partial charge in [0.05, 0.1) is 17.4 Å². The predicted molar refractivity (Wildman–Crippen MR) is 68.3 cm³/mol. The number of benzene rings is 1. The zero-order chi connectivity index (χ0) is 12.3. The molecule has 0 atom stereocenters. The van der Waals surface area contributed by atoms with Crippen molar-refractivity contribution in [2.75, 3.05) is 12.5 Å². The zero-order valence-corrected chi connectivity index (χ0v) is 12.0. The minimum atomic E-state index is -3.27. The van der Waals surface area contributed by atoms with Crippen LogP contribution in [0.1, 0.15) is 5.56 Å². The molecule has 3 nitrogen and oxygen atoms in total. The van der Waals surface area contributed by atoms with Crippen LogP contribution >= 0.6 is 27.7 Å². The van der Waals surface area contributed by atoms with Crippen LogP contribution < -0.4 is 0 Å². The fourth-order valence-corrected chi connectivity index (χ4v) is 4.44. The Kier molecular flexibility index (Phi) is 4.42. The molecule has 0 heterocycles. The fraction of sp³-hybridized carbons (Fsp3) is 0.300. The molecule has 0 radical (unpaired) electrons. The van der Waals surface area contributed by atoms with Crippen LogP contribution in [-0.4, -0.2) is 20.9 Å². The van der Waals surface area contributed by atoms with E-state index in [1.165, 1.54) is 18.0 Å². The molecular formula is C10H10BrNO2S2. The molecule has 0 saturated heterocycles. The summed E-state index contributed by atoms with van der Waals surface area (Å²) in [7, 11) is -3.27. The summed E-state index contributed by atoms with van der Waals surface area (Å²) in [5, 5.41) is 8.61. The molecule has 0 aliphatic heterocycles. The topological polar surface area (TPSA) is 57.9 Å². The number of hydrogen-bond donors (Lipinski definition) is 0. The molecule has 1 rings (SSSR count). The van der Waals surface area contributed by atoms with Gasteiger partial charge in [0.25, 0.3) is 0 Å². The van der Waals surface area contributed by atoms with Gasteiger partial charge in [0, 0.05) is 15.6 Å². The summed E-state index contributed by atoms with van der Waals surface area (Å²) < 4.78 is 23.9. The maximum absolute atomic E-state index is 11.6. The van der Waals surface area contributed by atoms with E-state index in [1.54, 1.807) is 12.1 Å². The second-order valence-corrected chi connectivity index (χ2v) is 6.87. The molecule has 0 N–H and O–H groups in total. The molecule has 0 unspecified atom stereocenters. The summed E-state index contributed by atoms with van der Waals surface area (Å²) in [5.41, 5.74) is 0.701. The third kappa shape index (κ3) is 3.00. The third-order valence-corrected chi connectivity index (χ3v) is 4.94. The van der Waals surface area contributed by atoms with E-state index in [-0.39, 0.29) is 11.3 Å². The van der Waals surface area contributed by atoms with Gasteiger partial charge in [-0.15, -0.1) is 11.8 Å². The molecule has 0 aliphatic carbocycles. The minimum absolute atomic E-state index is 0.204. The molecule has 1 aromatic rings. The Hall–Kier alpha value is -0.510. The number of thioether (sulfide) groups is 1. The second kappa shape index (κ2) is 5.21. The van der Waals surface area contributed by atoms with Crippen LogP contribution in [0.15, 0.2) is 26.4 Å². The Morgan fingerprint density at radius 2 is 2.12 bits per heavy atom. The van der Waals surface area contributed by atoms with E-state index in [2.05, 4.69) is 15.9 Å². The van der Waals surface area contributed by atoms with Crippen LogP contribution in [-0.2, 0) is 16.3 Å². The molecule has 0 fully saturated rings. The molecule has 86 valence electrons. The Morgan fingerprint density at radius 3 is 2.56 bits per heavy atom. The van der Waals surface area contributed by atoms with Crippen molar-refractivity contribution in [2.45, 2.75) is 16.2 Å². The summed E-state index contributed by atoms with van der Waals surface area (Å²) in [6, 6.07) is 5.35. The average Bonchev–Trinajstić information content (AvgIpc) is 2.16. The van der Waals surface area contributed by atoms with Gasteiger partial charge in [0.15, 0.2) is 9.84 Å². The van der Waals surface area contributed by atoms with Gasteiger partial charge in [0.1, 0.15) is 0 Å². The molecule has 0 bridgehead atoms. The van der Waals surface area contributed by atoms with E-state index in [1.807, 2.05) is 12.3 Å². The SMILES string of the molecule is CSc1c(Br)cc(CC#N)cc1S(C)(=O)=O. The Labute approximate surface area is 108 Å². The van der Waals surface area contributed by atoms with Crippen molar-refractivity contribution in [1.29, 1.82) is 5.26 Å². The lowest BCUT2D eigenvalue weighted by molar-refractivity contribution is 0.599. The molecule has 1 aromatic carbocycles. The fourth-order valence-electron chi connectivity index (χ4n) is 1.29. The number of nitrogens with zero attached hydrogens (tertiary/aromatic N) is 1. The first-order valence-electron chi connectivity index (χ1n) is 4.33.